The van der Waals surface area contributed by atoms with Crippen molar-refractivity contribution in [1.82, 2.24) is 30.3 Å². The van der Waals surface area contributed by atoms with Crippen LogP contribution in [-0.4, -0.2) is 44.5 Å². The van der Waals surface area contributed by atoms with Crippen LogP contribution in [0.5, 0.6) is 5.75 Å². The molecule has 2 heterocycles. The van der Waals surface area contributed by atoms with Gasteiger partial charge < -0.3 is 15.4 Å². The molecule has 0 atom stereocenters. The molecule has 0 aliphatic rings. The number of aromatic nitrogens is 5. The van der Waals surface area contributed by atoms with Crippen LogP contribution >= 0.6 is 11.6 Å². The summed E-state index contributed by atoms with van der Waals surface area (Å²) in [5, 5.41) is 19.0. The zero-order valence-corrected chi connectivity index (χ0v) is 19.0. The van der Waals surface area contributed by atoms with E-state index in [2.05, 4.69) is 25.9 Å². The maximum Gasteiger partial charge on any atom is 0.255 e. The third-order valence-corrected chi connectivity index (χ3v) is 5.37. The molecule has 0 saturated heterocycles. The fraction of sp³-hybridized carbons (Fsp3) is 0.273. The Kier molecular flexibility index (Phi) is 6.00. The molecule has 0 aliphatic heterocycles. The molecule has 1 amide bonds. The molecule has 10 heteroatoms. The molecule has 0 spiro atoms. The Balaban J connectivity index is 1.71. The number of hydrogen-bond acceptors (Lipinski definition) is 6. The highest BCUT2D eigenvalue weighted by Gasteiger charge is 2.19. The molecular formula is C22H24ClN7O2. The molecule has 32 heavy (non-hydrogen) atoms. The number of H-pyrrole nitrogens is 1. The summed E-state index contributed by atoms with van der Waals surface area (Å²) in [5.74, 6) is 1.31. The molecule has 0 fully saturated rings. The van der Waals surface area contributed by atoms with Crippen molar-refractivity contribution >= 4 is 40.0 Å². The second-order valence-corrected chi connectivity index (χ2v) is 7.83. The number of nitrogens with one attached hydrogen (secondary N) is 3. The molecule has 3 N–H and O–H groups in total. The van der Waals surface area contributed by atoms with Crippen molar-refractivity contribution in [2.75, 3.05) is 19.0 Å². The zero-order chi connectivity index (χ0) is 22.8. The molecule has 0 saturated carbocycles. The number of hydrogen-bond donors (Lipinski definition) is 3. The van der Waals surface area contributed by atoms with Crippen molar-refractivity contribution in [3.8, 4) is 17.1 Å². The number of nitrogens with zero attached hydrogens (tertiary/aromatic N) is 4. The normalized spacial score (nSPS) is 11.2. The van der Waals surface area contributed by atoms with Crippen LogP contribution in [0.3, 0.4) is 0 Å². The van der Waals surface area contributed by atoms with E-state index in [1.807, 2.05) is 32.9 Å². The van der Waals surface area contributed by atoms with Gasteiger partial charge >= 0.3 is 0 Å². The number of amides is 1. The summed E-state index contributed by atoms with van der Waals surface area (Å²) in [6.07, 6.45) is 1.68. The number of carbonyl (C=O) groups is 1. The number of carbonyl (C=O) groups excluding carboxylic acids is 1. The van der Waals surface area contributed by atoms with Gasteiger partial charge in [0.05, 0.1) is 41.1 Å². The first-order valence-electron chi connectivity index (χ1n) is 10.2. The van der Waals surface area contributed by atoms with Crippen LogP contribution in [0.1, 0.15) is 37.2 Å². The number of fused-ring (bicyclic) bond motifs is 1. The van der Waals surface area contributed by atoms with E-state index >= 15 is 0 Å². The lowest BCUT2D eigenvalue weighted by molar-refractivity contribution is 0.0953. The quantitative estimate of drug-likeness (QED) is 0.378. The standard InChI is InChI=1S/C22H24ClN7O2/c1-5-24-21(31)14-7-6-13(10-18(14)32-4)20-27-22(30(29-20)12(2)3)26-17-9-8-16-15(19(17)23)11-25-28-16/h6-12H,5H2,1-4H3,(H,24,31)(H,25,28)(H,26,27,29). The minimum atomic E-state index is -0.191. The number of methoxy groups -OCH3 is 1. The summed E-state index contributed by atoms with van der Waals surface area (Å²) in [6.45, 7) is 6.44. The SMILES string of the molecule is CCNC(=O)c1ccc(-c2nc(Nc3ccc4[nH]ncc4c3Cl)n(C(C)C)n2)cc1OC. The highest BCUT2D eigenvalue weighted by molar-refractivity contribution is 6.38. The molecule has 4 aromatic rings. The molecule has 0 radical (unpaired) electrons. The molecule has 0 bridgehead atoms. The monoisotopic (exact) mass is 453 g/mol. The second kappa shape index (κ2) is 8.88. The molecule has 2 aromatic carbocycles. The largest absolute Gasteiger partial charge is 0.496 e. The smallest absolute Gasteiger partial charge is 0.255 e. The summed E-state index contributed by atoms with van der Waals surface area (Å²) in [5.41, 5.74) is 2.74. The van der Waals surface area contributed by atoms with Crippen molar-refractivity contribution in [2.24, 2.45) is 0 Å². The molecular weight excluding hydrogens is 430 g/mol. The molecule has 9 nitrogen and oxygen atoms in total. The van der Waals surface area contributed by atoms with E-state index in [1.54, 1.807) is 29.1 Å². The van der Waals surface area contributed by atoms with E-state index in [9.17, 15) is 4.79 Å². The van der Waals surface area contributed by atoms with Gasteiger partial charge in [0.2, 0.25) is 5.95 Å². The summed E-state index contributed by atoms with van der Waals surface area (Å²) < 4.78 is 7.23. The topological polar surface area (TPSA) is 110 Å². The van der Waals surface area contributed by atoms with Crippen molar-refractivity contribution < 1.29 is 9.53 Å². The molecule has 0 aliphatic carbocycles. The van der Waals surface area contributed by atoms with Gasteiger partial charge in [-0.05, 0) is 45.0 Å². The van der Waals surface area contributed by atoms with Crippen molar-refractivity contribution in [2.45, 2.75) is 26.8 Å². The van der Waals surface area contributed by atoms with Crippen molar-refractivity contribution in [3.63, 3.8) is 0 Å². The fourth-order valence-corrected chi connectivity index (χ4v) is 3.63. The third-order valence-electron chi connectivity index (χ3n) is 4.97. The minimum Gasteiger partial charge on any atom is -0.496 e. The average molecular weight is 454 g/mol. The molecule has 166 valence electrons. The number of halogens is 1. The van der Waals surface area contributed by atoms with Gasteiger partial charge in [0.25, 0.3) is 5.91 Å². The fourth-order valence-electron chi connectivity index (χ4n) is 3.36. The molecule has 2 aromatic heterocycles. The summed E-state index contributed by atoms with van der Waals surface area (Å²) in [4.78, 5) is 17.0. The summed E-state index contributed by atoms with van der Waals surface area (Å²) in [7, 11) is 1.53. The first kappa shape index (κ1) is 21.6. The Morgan fingerprint density at radius 1 is 1.28 bits per heavy atom. The van der Waals surface area contributed by atoms with Gasteiger partial charge in [-0.3, -0.25) is 9.89 Å². The Hall–Kier alpha value is -3.59. The van der Waals surface area contributed by atoms with E-state index in [0.717, 1.165) is 16.5 Å². The number of rotatable bonds is 7. The van der Waals surface area contributed by atoms with E-state index in [4.69, 9.17) is 21.3 Å². The van der Waals surface area contributed by atoms with Crippen LogP contribution in [0.15, 0.2) is 36.5 Å². The maximum atomic E-state index is 12.3. The second-order valence-electron chi connectivity index (χ2n) is 7.46. The number of ether oxygens (including phenoxy) is 1. The lowest BCUT2D eigenvalue weighted by Gasteiger charge is -2.12. The van der Waals surface area contributed by atoms with E-state index in [-0.39, 0.29) is 11.9 Å². The maximum absolute atomic E-state index is 12.3. The first-order chi connectivity index (χ1) is 15.4. The first-order valence-corrected chi connectivity index (χ1v) is 10.6. The lowest BCUT2D eigenvalue weighted by atomic mass is 10.1. The number of anilines is 2. The lowest BCUT2D eigenvalue weighted by Crippen LogP contribution is -2.23. The average Bonchev–Trinajstić information content (AvgIpc) is 3.43. The van der Waals surface area contributed by atoms with Gasteiger partial charge in [-0.15, -0.1) is 5.10 Å². The number of aromatic amines is 1. The van der Waals surface area contributed by atoms with Gasteiger partial charge in [0, 0.05) is 17.5 Å². The third kappa shape index (κ3) is 3.99. The summed E-state index contributed by atoms with van der Waals surface area (Å²) in [6, 6.07) is 9.10. The van der Waals surface area contributed by atoms with E-state index in [0.29, 0.717) is 40.3 Å². The van der Waals surface area contributed by atoms with Crippen LogP contribution in [-0.2, 0) is 0 Å². The van der Waals surface area contributed by atoms with Gasteiger partial charge in [-0.25, -0.2) is 4.68 Å². The molecule has 0 unspecified atom stereocenters. The van der Waals surface area contributed by atoms with Gasteiger partial charge in [0.15, 0.2) is 5.82 Å². The van der Waals surface area contributed by atoms with E-state index < -0.39 is 0 Å². The van der Waals surface area contributed by atoms with Gasteiger partial charge in [0.1, 0.15) is 5.75 Å². The van der Waals surface area contributed by atoms with Crippen molar-refractivity contribution in [1.29, 1.82) is 0 Å². The van der Waals surface area contributed by atoms with Crippen LogP contribution < -0.4 is 15.4 Å². The van der Waals surface area contributed by atoms with Crippen LogP contribution in [0, 0.1) is 0 Å². The zero-order valence-electron chi connectivity index (χ0n) is 18.2. The van der Waals surface area contributed by atoms with Crippen molar-refractivity contribution in [3.05, 3.63) is 47.1 Å². The van der Waals surface area contributed by atoms with Crippen LogP contribution in [0.25, 0.3) is 22.3 Å². The van der Waals surface area contributed by atoms with Crippen LogP contribution in [0.2, 0.25) is 5.02 Å². The van der Waals surface area contributed by atoms with E-state index in [1.165, 1.54) is 7.11 Å². The Morgan fingerprint density at radius 2 is 2.09 bits per heavy atom. The van der Waals surface area contributed by atoms with Gasteiger partial charge in [-0.2, -0.15) is 10.1 Å². The summed E-state index contributed by atoms with van der Waals surface area (Å²) >= 11 is 6.57. The Morgan fingerprint density at radius 3 is 2.81 bits per heavy atom. The van der Waals surface area contributed by atoms with Crippen LogP contribution in [0.4, 0.5) is 11.6 Å². The highest BCUT2D eigenvalue weighted by Crippen LogP contribution is 2.33. The highest BCUT2D eigenvalue weighted by atomic mass is 35.5. The Labute approximate surface area is 190 Å². The molecule has 4 rings (SSSR count). The predicted octanol–water partition coefficient (Wildman–Crippen LogP) is 4.56. The minimum absolute atomic E-state index is 0.0479. The predicted molar refractivity (Wildman–Crippen MR) is 125 cm³/mol. The number of benzene rings is 2. The Bertz CT molecular complexity index is 1280. The van der Waals surface area contributed by atoms with Gasteiger partial charge in [-0.1, -0.05) is 17.7 Å².